The zero-order valence-corrected chi connectivity index (χ0v) is 13.6. The van der Waals surface area contributed by atoms with Crippen molar-refractivity contribution in [3.63, 3.8) is 0 Å². The third kappa shape index (κ3) is 3.15. The minimum absolute atomic E-state index is 0.0332. The quantitative estimate of drug-likeness (QED) is 0.942. The van der Waals surface area contributed by atoms with Crippen LogP contribution in [0.4, 0.5) is 0 Å². The summed E-state index contributed by atoms with van der Waals surface area (Å²) in [7, 11) is 0. The predicted octanol–water partition coefficient (Wildman–Crippen LogP) is 2.99. The minimum Gasteiger partial charge on any atom is -0.481 e. The molecule has 3 rings (SSSR count). The number of amides is 1. The van der Waals surface area contributed by atoms with Crippen LogP contribution in [0.5, 0.6) is 0 Å². The van der Waals surface area contributed by atoms with Crippen molar-refractivity contribution in [2.24, 2.45) is 5.92 Å². The van der Waals surface area contributed by atoms with Crippen molar-refractivity contribution in [3.05, 3.63) is 53.7 Å². The Bertz CT molecular complexity index is 750. The van der Waals surface area contributed by atoms with Crippen LogP contribution in [0, 0.1) is 12.8 Å². The lowest BCUT2D eigenvalue weighted by Crippen LogP contribution is -2.40. The monoisotopic (exact) mass is 324 g/mol. The van der Waals surface area contributed by atoms with E-state index in [-0.39, 0.29) is 11.8 Å². The first-order valence-corrected chi connectivity index (χ1v) is 8.11. The van der Waals surface area contributed by atoms with Crippen LogP contribution in [-0.4, -0.2) is 40.0 Å². The highest BCUT2D eigenvalue weighted by atomic mass is 16.4. The summed E-state index contributed by atoms with van der Waals surface area (Å²) >= 11 is 0. The molecular weight excluding hydrogens is 304 g/mol. The second-order valence-electron chi connectivity index (χ2n) is 6.10. The van der Waals surface area contributed by atoms with Gasteiger partial charge in [0.15, 0.2) is 0 Å². The van der Waals surface area contributed by atoms with Gasteiger partial charge in [0.05, 0.1) is 11.6 Å². The molecule has 0 bridgehead atoms. The maximum absolute atomic E-state index is 12.8. The molecule has 124 valence electrons. The third-order valence-electron chi connectivity index (χ3n) is 4.64. The Morgan fingerprint density at radius 1 is 1.12 bits per heavy atom. The zero-order chi connectivity index (χ0) is 17.1. The summed E-state index contributed by atoms with van der Waals surface area (Å²) in [5, 5.41) is 9.08. The number of likely N-dealkylation sites (tertiary alicyclic amines) is 1. The highest BCUT2D eigenvalue weighted by Gasteiger charge is 2.28. The number of carboxylic acid groups (broad SMARTS) is 1. The van der Waals surface area contributed by atoms with E-state index < -0.39 is 5.97 Å². The number of piperidine rings is 1. The maximum Gasteiger partial charge on any atom is 0.306 e. The van der Waals surface area contributed by atoms with E-state index in [1.165, 1.54) is 0 Å². The number of aliphatic carboxylic acids is 1. The molecule has 1 amide bonds. The molecule has 24 heavy (non-hydrogen) atoms. The lowest BCUT2D eigenvalue weighted by Gasteiger charge is -2.30. The number of hydrogen-bond donors (Lipinski definition) is 1. The van der Waals surface area contributed by atoms with Gasteiger partial charge in [-0.3, -0.25) is 14.6 Å². The molecule has 0 atom stereocenters. The van der Waals surface area contributed by atoms with Crippen molar-refractivity contribution in [2.75, 3.05) is 13.1 Å². The van der Waals surface area contributed by atoms with E-state index in [1.807, 2.05) is 43.3 Å². The molecule has 0 unspecified atom stereocenters. The van der Waals surface area contributed by atoms with Crippen molar-refractivity contribution in [3.8, 4) is 11.3 Å². The Balaban J connectivity index is 1.83. The van der Waals surface area contributed by atoms with Crippen LogP contribution in [-0.2, 0) is 4.79 Å². The number of carboxylic acids is 1. The van der Waals surface area contributed by atoms with Crippen LogP contribution in [0.3, 0.4) is 0 Å². The Hall–Kier alpha value is -2.69. The Morgan fingerprint density at radius 3 is 2.50 bits per heavy atom. The second kappa shape index (κ2) is 6.83. The predicted molar refractivity (Wildman–Crippen MR) is 90.7 cm³/mol. The van der Waals surface area contributed by atoms with E-state index in [0.29, 0.717) is 31.5 Å². The summed E-state index contributed by atoms with van der Waals surface area (Å²) in [6.07, 6.45) is 2.76. The van der Waals surface area contributed by atoms with Crippen LogP contribution < -0.4 is 0 Å². The molecule has 1 aliphatic heterocycles. The van der Waals surface area contributed by atoms with Crippen LogP contribution in [0.25, 0.3) is 11.3 Å². The Kier molecular flexibility index (Phi) is 4.60. The van der Waals surface area contributed by atoms with Crippen molar-refractivity contribution in [1.82, 2.24) is 9.88 Å². The number of nitrogens with zero attached hydrogens (tertiary/aromatic N) is 2. The summed E-state index contributed by atoms with van der Waals surface area (Å²) in [6, 6.07) is 11.4. The molecular formula is C19H20N2O3. The van der Waals surface area contributed by atoms with Gasteiger partial charge in [0.25, 0.3) is 5.91 Å². The number of aromatic nitrogens is 1. The van der Waals surface area contributed by atoms with E-state index in [0.717, 1.165) is 16.8 Å². The molecule has 1 saturated heterocycles. The maximum atomic E-state index is 12.8. The molecule has 1 fully saturated rings. The topological polar surface area (TPSA) is 70.5 Å². The Labute approximate surface area is 140 Å². The summed E-state index contributed by atoms with van der Waals surface area (Å²) < 4.78 is 0. The molecule has 5 nitrogen and oxygen atoms in total. The number of hydrogen-bond acceptors (Lipinski definition) is 3. The van der Waals surface area contributed by atoms with Gasteiger partial charge >= 0.3 is 5.97 Å². The molecule has 1 N–H and O–H groups in total. The minimum atomic E-state index is -0.768. The largest absolute Gasteiger partial charge is 0.481 e. The summed E-state index contributed by atoms with van der Waals surface area (Å²) in [5.41, 5.74) is 3.35. The van der Waals surface area contributed by atoms with Gasteiger partial charge in [-0.1, -0.05) is 18.2 Å². The fourth-order valence-corrected chi connectivity index (χ4v) is 3.17. The molecule has 2 heterocycles. The van der Waals surface area contributed by atoms with Gasteiger partial charge in [0, 0.05) is 30.4 Å². The second-order valence-corrected chi connectivity index (χ2v) is 6.10. The molecule has 0 saturated carbocycles. The number of carbonyl (C=O) groups excluding carboxylic acids is 1. The molecule has 1 aliphatic rings. The van der Waals surface area contributed by atoms with E-state index in [1.54, 1.807) is 11.1 Å². The molecule has 0 spiro atoms. The SMILES string of the molecule is Cc1c(C(=O)N2CCC(C(=O)O)CC2)cccc1-c1ccccn1. The molecule has 5 heteroatoms. The number of carbonyl (C=O) groups is 2. The first kappa shape index (κ1) is 16.2. The molecule has 2 aromatic rings. The standard InChI is InChI=1S/C19H20N2O3/c1-13-15(17-7-2-3-10-20-17)5-4-6-16(13)18(22)21-11-8-14(9-12-21)19(23)24/h2-7,10,14H,8-9,11-12H2,1H3,(H,23,24). The number of rotatable bonds is 3. The molecule has 1 aromatic heterocycles. The fourth-order valence-electron chi connectivity index (χ4n) is 3.17. The van der Waals surface area contributed by atoms with Crippen LogP contribution >= 0.6 is 0 Å². The van der Waals surface area contributed by atoms with Gasteiger partial charge < -0.3 is 10.0 Å². The summed E-state index contributed by atoms with van der Waals surface area (Å²) in [6.45, 7) is 2.91. The third-order valence-corrected chi connectivity index (χ3v) is 4.64. The van der Waals surface area contributed by atoms with Gasteiger partial charge in [-0.15, -0.1) is 0 Å². The lowest BCUT2D eigenvalue weighted by atomic mass is 9.95. The first-order valence-electron chi connectivity index (χ1n) is 8.11. The van der Waals surface area contributed by atoms with Gasteiger partial charge in [-0.2, -0.15) is 0 Å². The smallest absolute Gasteiger partial charge is 0.306 e. The van der Waals surface area contributed by atoms with E-state index in [4.69, 9.17) is 5.11 Å². The van der Waals surface area contributed by atoms with E-state index >= 15 is 0 Å². The molecule has 0 aliphatic carbocycles. The van der Waals surface area contributed by atoms with Gasteiger partial charge in [-0.25, -0.2) is 0 Å². The van der Waals surface area contributed by atoms with Crippen LogP contribution in [0.2, 0.25) is 0 Å². The average Bonchev–Trinajstić information content (AvgIpc) is 2.62. The number of benzene rings is 1. The lowest BCUT2D eigenvalue weighted by molar-refractivity contribution is -0.143. The van der Waals surface area contributed by atoms with E-state index in [9.17, 15) is 9.59 Å². The first-order chi connectivity index (χ1) is 11.6. The number of pyridine rings is 1. The van der Waals surface area contributed by atoms with Gasteiger partial charge in [0.2, 0.25) is 0 Å². The highest BCUT2D eigenvalue weighted by molar-refractivity contribution is 5.97. The van der Waals surface area contributed by atoms with Crippen LogP contribution in [0.1, 0.15) is 28.8 Å². The van der Waals surface area contributed by atoms with Gasteiger partial charge in [-0.05, 0) is 43.5 Å². The van der Waals surface area contributed by atoms with Crippen molar-refractivity contribution in [2.45, 2.75) is 19.8 Å². The average molecular weight is 324 g/mol. The summed E-state index contributed by atoms with van der Waals surface area (Å²) in [5.74, 6) is -1.14. The highest BCUT2D eigenvalue weighted by Crippen LogP contribution is 2.26. The zero-order valence-electron chi connectivity index (χ0n) is 13.6. The molecule has 1 aromatic carbocycles. The molecule has 0 radical (unpaired) electrons. The van der Waals surface area contributed by atoms with Crippen molar-refractivity contribution in [1.29, 1.82) is 0 Å². The normalized spacial score (nSPS) is 15.3. The fraction of sp³-hybridized carbons (Fsp3) is 0.316. The van der Waals surface area contributed by atoms with Crippen molar-refractivity contribution < 1.29 is 14.7 Å². The van der Waals surface area contributed by atoms with Crippen LogP contribution in [0.15, 0.2) is 42.6 Å². The summed E-state index contributed by atoms with van der Waals surface area (Å²) in [4.78, 5) is 30.0. The van der Waals surface area contributed by atoms with Gasteiger partial charge in [0.1, 0.15) is 0 Å². The van der Waals surface area contributed by atoms with Crippen molar-refractivity contribution >= 4 is 11.9 Å². The van der Waals surface area contributed by atoms with E-state index in [2.05, 4.69) is 4.98 Å². The Morgan fingerprint density at radius 2 is 1.88 bits per heavy atom.